The van der Waals surface area contributed by atoms with Crippen LogP contribution in [0, 0.1) is 0 Å². The van der Waals surface area contributed by atoms with E-state index in [2.05, 4.69) is 55.8 Å². The van der Waals surface area contributed by atoms with Crippen molar-refractivity contribution in [1.29, 1.82) is 0 Å². The highest BCUT2D eigenvalue weighted by atomic mass is 15.5. The Morgan fingerprint density at radius 2 is 1.75 bits per heavy atom. The zero-order valence-corrected chi connectivity index (χ0v) is 10.7. The van der Waals surface area contributed by atoms with Gasteiger partial charge in [-0.15, -0.1) is 0 Å². The van der Waals surface area contributed by atoms with Crippen LogP contribution in [0.3, 0.4) is 0 Å². The zero-order chi connectivity index (χ0) is 12.0. The van der Waals surface area contributed by atoms with Crippen LogP contribution >= 0.6 is 0 Å². The van der Waals surface area contributed by atoms with E-state index >= 15 is 0 Å². The van der Waals surface area contributed by atoms with Gasteiger partial charge in [-0.05, 0) is 23.6 Å². The zero-order valence-electron chi connectivity index (χ0n) is 10.7. The van der Waals surface area contributed by atoms with Crippen LogP contribution in [-0.4, -0.2) is 6.54 Å². The van der Waals surface area contributed by atoms with Crippen LogP contribution < -0.4 is 10.4 Å². The molecule has 0 bridgehead atoms. The fourth-order valence-corrected chi connectivity index (χ4v) is 1.56. The molecule has 16 heavy (non-hydrogen) atoms. The topological polar surface area (TPSA) is 15.3 Å². The molecule has 0 aliphatic carbocycles. The van der Waals surface area contributed by atoms with Crippen molar-refractivity contribution in [3.05, 3.63) is 42.1 Å². The minimum absolute atomic E-state index is 0.603. The van der Waals surface area contributed by atoms with Gasteiger partial charge in [0, 0.05) is 12.7 Å². The third-order valence-corrected chi connectivity index (χ3v) is 2.47. The van der Waals surface area contributed by atoms with Crippen molar-refractivity contribution in [2.24, 2.45) is 0 Å². The predicted octanol–water partition coefficient (Wildman–Crippen LogP) is 3.67. The molecule has 1 aliphatic rings. The van der Waals surface area contributed by atoms with Crippen LogP contribution in [0.5, 0.6) is 0 Å². The second-order valence-electron chi connectivity index (χ2n) is 3.86. The molecular weight excluding hydrogens is 196 g/mol. The third kappa shape index (κ3) is 3.11. The Kier molecular flexibility index (Phi) is 5.06. The summed E-state index contributed by atoms with van der Waals surface area (Å²) in [7, 11) is 0. The van der Waals surface area contributed by atoms with Crippen molar-refractivity contribution in [3.8, 4) is 0 Å². The molecule has 1 heterocycles. The van der Waals surface area contributed by atoms with Crippen LogP contribution in [0.2, 0.25) is 0 Å². The number of hydrogen-bond donors (Lipinski definition) is 1. The third-order valence-electron chi connectivity index (χ3n) is 2.47. The molecule has 0 spiro atoms. The number of nitrogens with zero attached hydrogens (tertiary/aromatic N) is 1. The van der Waals surface area contributed by atoms with Crippen LogP contribution in [0.1, 0.15) is 39.2 Å². The highest BCUT2D eigenvalue weighted by molar-refractivity contribution is 5.50. The summed E-state index contributed by atoms with van der Waals surface area (Å²) < 4.78 is 0. The number of nitrogens with one attached hydrogen (secondary N) is 1. The molecule has 1 aliphatic heterocycles. The molecule has 0 unspecified atom stereocenters. The van der Waals surface area contributed by atoms with Crippen molar-refractivity contribution in [1.82, 2.24) is 5.43 Å². The first-order valence-electron chi connectivity index (χ1n) is 6.07. The van der Waals surface area contributed by atoms with E-state index in [0.717, 1.165) is 6.54 Å². The molecule has 0 saturated carbocycles. The Labute approximate surface area is 98.9 Å². The van der Waals surface area contributed by atoms with Gasteiger partial charge >= 0.3 is 0 Å². The molecule has 1 aromatic rings. The fourth-order valence-electron chi connectivity index (χ4n) is 1.56. The van der Waals surface area contributed by atoms with Gasteiger partial charge < -0.3 is 0 Å². The van der Waals surface area contributed by atoms with Crippen LogP contribution in [0.15, 0.2) is 36.5 Å². The van der Waals surface area contributed by atoms with Crippen LogP contribution in [0.4, 0.5) is 5.69 Å². The van der Waals surface area contributed by atoms with Crippen LogP contribution in [0.25, 0.3) is 0 Å². The lowest BCUT2D eigenvalue weighted by atomic mass is 10.0. The number of hydrazine groups is 1. The summed E-state index contributed by atoms with van der Waals surface area (Å²) in [6, 6.07) is 8.68. The first-order chi connectivity index (χ1) is 7.77. The van der Waals surface area contributed by atoms with Gasteiger partial charge in [0.2, 0.25) is 0 Å². The summed E-state index contributed by atoms with van der Waals surface area (Å²) >= 11 is 0. The number of rotatable bonds is 2. The first-order valence-corrected chi connectivity index (χ1v) is 6.07. The minimum Gasteiger partial charge on any atom is -0.284 e. The Bertz CT molecular complexity index is 325. The SMILES string of the molecule is CC.CC(C)c1ccc(N2C=CCN2)cc1. The lowest BCUT2D eigenvalue weighted by Crippen LogP contribution is -2.27. The van der Waals surface area contributed by atoms with Gasteiger partial charge in [-0.2, -0.15) is 0 Å². The van der Waals surface area contributed by atoms with E-state index in [1.165, 1.54) is 11.3 Å². The lowest BCUT2D eigenvalue weighted by Gasteiger charge is -2.16. The highest BCUT2D eigenvalue weighted by Gasteiger charge is 2.06. The standard InChI is InChI=1S/C12H16N2.C2H6/c1-10(2)11-4-6-12(7-5-11)14-9-3-8-13-14;1-2/h3-7,9-10,13H,8H2,1-2H3;1-2H3. The number of hydrogen-bond acceptors (Lipinski definition) is 2. The van der Waals surface area contributed by atoms with Gasteiger partial charge in [-0.3, -0.25) is 5.01 Å². The van der Waals surface area contributed by atoms with E-state index in [4.69, 9.17) is 0 Å². The van der Waals surface area contributed by atoms with Gasteiger partial charge in [0.15, 0.2) is 0 Å². The molecule has 0 atom stereocenters. The molecule has 2 nitrogen and oxygen atoms in total. The summed E-state index contributed by atoms with van der Waals surface area (Å²) in [5, 5.41) is 2.05. The van der Waals surface area contributed by atoms with Crippen molar-refractivity contribution in [3.63, 3.8) is 0 Å². The smallest absolute Gasteiger partial charge is 0.0570 e. The molecule has 2 heteroatoms. The maximum atomic E-state index is 3.24. The maximum absolute atomic E-state index is 3.24. The summed E-state index contributed by atoms with van der Waals surface area (Å²) in [6.07, 6.45) is 4.17. The summed E-state index contributed by atoms with van der Waals surface area (Å²) in [5.41, 5.74) is 5.83. The van der Waals surface area contributed by atoms with E-state index in [9.17, 15) is 0 Å². The maximum Gasteiger partial charge on any atom is 0.0570 e. The fraction of sp³-hybridized carbons (Fsp3) is 0.429. The van der Waals surface area contributed by atoms with E-state index in [1.807, 2.05) is 18.9 Å². The molecule has 0 fully saturated rings. The second-order valence-corrected chi connectivity index (χ2v) is 3.86. The summed E-state index contributed by atoms with van der Waals surface area (Å²) in [6.45, 7) is 9.35. The molecule has 0 radical (unpaired) electrons. The summed E-state index contributed by atoms with van der Waals surface area (Å²) in [4.78, 5) is 0. The van der Waals surface area contributed by atoms with Crippen LogP contribution in [-0.2, 0) is 0 Å². The van der Waals surface area contributed by atoms with Gasteiger partial charge in [0.1, 0.15) is 0 Å². The molecule has 2 rings (SSSR count). The van der Waals surface area contributed by atoms with Gasteiger partial charge in [-0.1, -0.05) is 45.9 Å². The average Bonchev–Trinajstić information content (AvgIpc) is 2.85. The average molecular weight is 218 g/mol. The van der Waals surface area contributed by atoms with E-state index < -0.39 is 0 Å². The molecule has 0 aromatic heterocycles. The van der Waals surface area contributed by atoms with Crippen molar-refractivity contribution < 1.29 is 0 Å². The Balaban J connectivity index is 0.000000606. The van der Waals surface area contributed by atoms with Crippen molar-refractivity contribution in [2.75, 3.05) is 11.6 Å². The van der Waals surface area contributed by atoms with Gasteiger partial charge in [0.05, 0.1) is 5.69 Å². The van der Waals surface area contributed by atoms with E-state index in [1.54, 1.807) is 0 Å². The summed E-state index contributed by atoms with van der Waals surface area (Å²) in [5.74, 6) is 0.603. The number of anilines is 1. The minimum atomic E-state index is 0.603. The quantitative estimate of drug-likeness (QED) is 0.814. The highest BCUT2D eigenvalue weighted by Crippen LogP contribution is 2.20. The Morgan fingerprint density at radius 1 is 1.12 bits per heavy atom. The second kappa shape index (κ2) is 6.33. The Morgan fingerprint density at radius 3 is 2.19 bits per heavy atom. The Hall–Kier alpha value is -1.28. The van der Waals surface area contributed by atoms with Gasteiger partial charge in [-0.25, -0.2) is 5.43 Å². The molecule has 88 valence electrons. The largest absolute Gasteiger partial charge is 0.284 e. The predicted molar refractivity (Wildman–Crippen MR) is 71.5 cm³/mol. The van der Waals surface area contributed by atoms with Crippen molar-refractivity contribution in [2.45, 2.75) is 33.6 Å². The monoisotopic (exact) mass is 218 g/mol. The lowest BCUT2D eigenvalue weighted by molar-refractivity contribution is 0.812. The normalized spacial score (nSPS) is 13.9. The van der Waals surface area contributed by atoms with Gasteiger partial charge in [0.25, 0.3) is 0 Å². The molecule has 0 amide bonds. The number of benzene rings is 1. The molecule has 0 saturated heterocycles. The van der Waals surface area contributed by atoms with E-state index in [-0.39, 0.29) is 0 Å². The van der Waals surface area contributed by atoms with E-state index in [0.29, 0.717) is 5.92 Å². The van der Waals surface area contributed by atoms with Crippen molar-refractivity contribution >= 4 is 5.69 Å². The molecular formula is C14H22N2. The molecule has 1 N–H and O–H groups in total. The molecule has 1 aromatic carbocycles. The first kappa shape index (κ1) is 12.8.